The summed E-state index contributed by atoms with van der Waals surface area (Å²) in [6.45, 7) is 1.05. The lowest BCUT2D eigenvalue weighted by Gasteiger charge is -2.12. The average molecular weight is 327 g/mol. The standard InChI is InChI=1S/C14H19BrN2S/c15-13-9-11(5-6-12(13)14(16)18)17-8-7-10-3-1-2-4-10/h5-6,9-10,17H,1-4,7-8H2,(H2,16,18). The number of anilines is 1. The molecule has 0 amide bonds. The topological polar surface area (TPSA) is 38.0 Å². The molecule has 0 atom stereocenters. The summed E-state index contributed by atoms with van der Waals surface area (Å²) in [5.41, 5.74) is 7.65. The van der Waals surface area contributed by atoms with Gasteiger partial charge in [0.1, 0.15) is 4.99 Å². The first-order chi connectivity index (χ1) is 8.66. The Balaban J connectivity index is 1.85. The Hall–Kier alpha value is -0.610. The van der Waals surface area contributed by atoms with Crippen molar-refractivity contribution in [2.45, 2.75) is 32.1 Å². The van der Waals surface area contributed by atoms with Crippen molar-refractivity contribution in [3.05, 3.63) is 28.2 Å². The van der Waals surface area contributed by atoms with Crippen molar-refractivity contribution in [3.8, 4) is 0 Å². The van der Waals surface area contributed by atoms with Gasteiger partial charge in [-0.15, -0.1) is 0 Å². The number of hydrogen-bond acceptors (Lipinski definition) is 2. The molecule has 0 aliphatic heterocycles. The molecule has 2 rings (SSSR count). The molecule has 1 aromatic rings. The number of halogens is 1. The van der Waals surface area contributed by atoms with Crippen molar-refractivity contribution in [2.75, 3.05) is 11.9 Å². The Kier molecular flexibility index (Phi) is 5.01. The maximum absolute atomic E-state index is 5.63. The normalized spacial score (nSPS) is 15.8. The molecular formula is C14H19BrN2S. The molecule has 0 saturated heterocycles. The summed E-state index contributed by atoms with van der Waals surface area (Å²) in [7, 11) is 0. The fourth-order valence-corrected chi connectivity index (χ4v) is 3.45. The summed E-state index contributed by atoms with van der Waals surface area (Å²) in [4.78, 5) is 0.430. The molecule has 98 valence electrons. The lowest BCUT2D eigenvalue weighted by Crippen LogP contribution is -2.11. The number of thiocarbonyl (C=S) groups is 1. The molecule has 4 heteroatoms. The van der Waals surface area contributed by atoms with E-state index in [9.17, 15) is 0 Å². The van der Waals surface area contributed by atoms with Crippen molar-refractivity contribution in [2.24, 2.45) is 11.7 Å². The van der Waals surface area contributed by atoms with Crippen molar-refractivity contribution in [3.63, 3.8) is 0 Å². The third kappa shape index (κ3) is 3.69. The number of benzene rings is 1. The lowest BCUT2D eigenvalue weighted by molar-refractivity contribution is 0.518. The van der Waals surface area contributed by atoms with Gasteiger partial charge in [-0.05, 0) is 46.5 Å². The van der Waals surface area contributed by atoms with Crippen LogP contribution in [0.5, 0.6) is 0 Å². The highest BCUT2D eigenvalue weighted by atomic mass is 79.9. The van der Waals surface area contributed by atoms with Crippen LogP contribution in [0.4, 0.5) is 5.69 Å². The Morgan fingerprint density at radius 3 is 2.72 bits per heavy atom. The molecular weight excluding hydrogens is 308 g/mol. The Morgan fingerprint density at radius 1 is 1.39 bits per heavy atom. The number of rotatable bonds is 5. The summed E-state index contributed by atoms with van der Waals surface area (Å²) >= 11 is 8.48. The second-order valence-electron chi connectivity index (χ2n) is 4.92. The van der Waals surface area contributed by atoms with Crippen LogP contribution in [0.3, 0.4) is 0 Å². The molecule has 1 aromatic carbocycles. The molecule has 1 fully saturated rings. The minimum Gasteiger partial charge on any atom is -0.389 e. The van der Waals surface area contributed by atoms with E-state index in [0.717, 1.165) is 28.2 Å². The van der Waals surface area contributed by atoms with Gasteiger partial charge in [-0.3, -0.25) is 0 Å². The maximum Gasteiger partial charge on any atom is 0.105 e. The second kappa shape index (κ2) is 6.53. The van der Waals surface area contributed by atoms with Crippen LogP contribution in [0.2, 0.25) is 0 Å². The molecule has 0 radical (unpaired) electrons. The van der Waals surface area contributed by atoms with E-state index in [-0.39, 0.29) is 0 Å². The molecule has 0 bridgehead atoms. The third-order valence-electron chi connectivity index (χ3n) is 3.59. The fourth-order valence-electron chi connectivity index (χ4n) is 2.54. The van der Waals surface area contributed by atoms with Crippen molar-refractivity contribution >= 4 is 38.8 Å². The van der Waals surface area contributed by atoms with Gasteiger partial charge in [0.15, 0.2) is 0 Å². The molecule has 0 heterocycles. The predicted molar refractivity (Wildman–Crippen MR) is 85.1 cm³/mol. The number of nitrogens with one attached hydrogen (secondary N) is 1. The van der Waals surface area contributed by atoms with Gasteiger partial charge in [0.2, 0.25) is 0 Å². The first-order valence-electron chi connectivity index (χ1n) is 6.50. The van der Waals surface area contributed by atoms with E-state index in [1.165, 1.54) is 32.1 Å². The summed E-state index contributed by atoms with van der Waals surface area (Å²) in [5, 5.41) is 3.46. The number of nitrogens with two attached hydrogens (primary N) is 1. The molecule has 1 aliphatic carbocycles. The van der Waals surface area contributed by atoms with Crippen LogP contribution < -0.4 is 11.1 Å². The van der Waals surface area contributed by atoms with E-state index in [2.05, 4.69) is 21.2 Å². The van der Waals surface area contributed by atoms with Gasteiger partial charge in [0.25, 0.3) is 0 Å². The van der Waals surface area contributed by atoms with Crippen LogP contribution in [0, 0.1) is 5.92 Å². The Bertz CT molecular complexity index is 428. The summed E-state index contributed by atoms with van der Waals surface area (Å²) in [5.74, 6) is 0.928. The van der Waals surface area contributed by atoms with Crippen LogP contribution in [0.15, 0.2) is 22.7 Å². The molecule has 1 saturated carbocycles. The van der Waals surface area contributed by atoms with Crippen LogP contribution in [-0.4, -0.2) is 11.5 Å². The van der Waals surface area contributed by atoms with Crippen LogP contribution >= 0.6 is 28.1 Å². The highest BCUT2D eigenvalue weighted by Crippen LogP contribution is 2.27. The molecule has 0 aromatic heterocycles. The smallest absolute Gasteiger partial charge is 0.105 e. The molecule has 0 spiro atoms. The van der Waals surface area contributed by atoms with E-state index in [1.54, 1.807) is 0 Å². The first-order valence-corrected chi connectivity index (χ1v) is 7.70. The van der Waals surface area contributed by atoms with E-state index in [0.29, 0.717) is 4.99 Å². The number of hydrogen-bond donors (Lipinski definition) is 2. The largest absolute Gasteiger partial charge is 0.389 e. The highest BCUT2D eigenvalue weighted by molar-refractivity contribution is 9.10. The molecule has 1 aliphatic rings. The SMILES string of the molecule is NC(=S)c1ccc(NCCC2CCCC2)cc1Br. The van der Waals surface area contributed by atoms with Crippen molar-refractivity contribution in [1.29, 1.82) is 0 Å². The van der Waals surface area contributed by atoms with E-state index >= 15 is 0 Å². The van der Waals surface area contributed by atoms with Crippen LogP contribution in [0.1, 0.15) is 37.7 Å². The van der Waals surface area contributed by atoms with Gasteiger partial charge in [-0.1, -0.05) is 37.9 Å². The van der Waals surface area contributed by atoms with Gasteiger partial charge in [0, 0.05) is 22.3 Å². The average Bonchev–Trinajstić information content (AvgIpc) is 2.81. The van der Waals surface area contributed by atoms with E-state index < -0.39 is 0 Å². The molecule has 18 heavy (non-hydrogen) atoms. The lowest BCUT2D eigenvalue weighted by atomic mass is 10.0. The van der Waals surface area contributed by atoms with Crippen LogP contribution in [-0.2, 0) is 0 Å². The third-order valence-corrected chi connectivity index (χ3v) is 4.47. The zero-order valence-electron chi connectivity index (χ0n) is 10.4. The summed E-state index contributed by atoms with van der Waals surface area (Å²) in [6.07, 6.45) is 6.92. The van der Waals surface area contributed by atoms with Gasteiger partial charge in [-0.25, -0.2) is 0 Å². The van der Waals surface area contributed by atoms with E-state index in [4.69, 9.17) is 18.0 Å². The molecule has 3 N–H and O–H groups in total. The molecule has 0 unspecified atom stereocenters. The van der Waals surface area contributed by atoms with Gasteiger partial charge >= 0.3 is 0 Å². The summed E-state index contributed by atoms with van der Waals surface area (Å²) in [6, 6.07) is 6.04. The second-order valence-corrected chi connectivity index (χ2v) is 6.22. The first kappa shape index (κ1) is 13.8. The monoisotopic (exact) mass is 326 g/mol. The zero-order valence-corrected chi connectivity index (χ0v) is 12.8. The maximum atomic E-state index is 5.63. The van der Waals surface area contributed by atoms with Gasteiger partial charge in [0.05, 0.1) is 0 Å². The van der Waals surface area contributed by atoms with E-state index in [1.807, 2.05) is 18.2 Å². The zero-order chi connectivity index (χ0) is 13.0. The summed E-state index contributed by atoms with van der Waals surface area (Å²) < 4.78 is 0.959. The Morgan fingerprint density at radius 2 is 2.11 bits per heavy atom. The fraction of sp³-hybridized carbons (Fsp3) is 0.500. The van der Waals surface area contributed by atoms with Crippen molar-refractivity contribution in [1.82, 2.24) is 0 Å². The van der Waals surface area contributed by atoms with Crippen molar-refractivity contribution < 1.29 is 0 Å². The van der Waals surface area contributed by atoms with Crippen LogP contribution in [0.25, 0.3) is 0 Å². The van der Waals surface area contributed by atoms with Gasteiger partial charge < -0.3 is 11.1 Å². The predicted octanol–water partition coefficient (Wildman–Crippen LogP) is 4.08. The highest BCUT2D eigenvalue weighted by Gasteiger charge is 2.14. The minimum atomic E-state index is 0.430. The quantitative estimate of drug-likeness (QED) is 0.801. The Labute approximate surface area is 122 Å². The molecule has 2 nitrogen and oxygen atoms in total. The minimum absolute atomic E-state index is 0.430. The van der Waals surface area contributed by atoms with Gasteiger partial charge in [-0.2, -0.15) is 0 Å².